The van der Waals surface area contributed by atoms with Crippen molar-refractivity contribution in [3.05, 3.63) is 17.5 Å². The van der Waals surface area contributed by atoms with Gasteiger partial charge in [0.15, 0.2) is 0 Å². The molecule has 21 heavy (non-hydrogen) atoms. The first kappa shape index (κ1) is 16.4. The monoisotopic (exact) mass is 299 g/mol. The standard InChI is InChI=1S/C16H27F2N3/c1-12(2)9-19-10-13-11-20-21(15(13)16(17)18)14-7-5-3-4-6-8-14/h11-12,14,16,19H,3-10H2,1-2H3. The lowest BCUT2D eigenvalue weighted by Crippen LogP contribution is -2.20. The molecule has 0 aliphatic heterocycles. The average molecular weight is 299 g/mol. The van der Waals surface area contributed by atoms with Crippen molar-refractivity contribution < 1.29 is 8.78 Å². The minimum Gasteiger partial charge on any atom is -0.312 e. The molecule has 1 aromatic rings. The van der Waals surface area contributed by atoms with Crippen LogP contribution in [0.2, 0.25) is 0 Å². The maximum atomic E-state index is 13.5. The molecule has 0 atom stereocenters. The summed E-state index contributed by atoms with van der Waals surface area (Å²) in [7, 11) is 0. The second-order valence-corrected chi connectivity index (χ2v) is 6.47. The number of alkyl halides is 2. The summed E-state index contributed by atoms with van der Waals surface area (Å²) >= 11 is 0. The van der Waals surface area contributed by atoms with Crippen molar-refractivity contribution in [2.24, 2.45) is 5.92 Å². The number of halogens is 2. The molecule has 2 rings (SSSR count). The molecule has 1 heterocycles. The van der Waals surface area contributed by atoms with Crippen LogP contribution < -0.4 is 5.32 Å². The van der Waals surface area contributed by atoms with E-state index in [-0.39, 0.29) is 11.7 Å². The van der Waals surface area contributed by atoms with E-state index < -0.39 is 6.43 Å². The number of nitrogens with one attached hydrogen (secondary N) is 1. The third kappa shape index (κ3) is 4.50. The van der Waals surface area contributed by atoms with E-state index in [1.165, 1.54) is 12.8 Å². The van der Waals surface area contributed by atoms with E-state index in [0.29, 0.717) is 18.0 Å². The smallest absolute Gasteiger partial charge is 0.280 e. The third-order valence-electron chi connectivity index (χ3n) is 4.16. The van der Waals surface area contributed by atoms with E-state index >= 15 is 0 Å². The molecule has 5 heteroatoms. The van der Waals surface area contributed by atoms with Crippen molar-refractivity contribution in [3.8, 4) is 0 Å². The zero-order valence-corrected chi connectivity index (χ0v) is 13.1. The van der Waals surface area contributed by atoms with Crippen LogP contribution in [0.15, 0.2) is 6.20 Å². The fourth-order valence-corrected chi connectivity index (χ4v) is 3.07. The zero-order valence-electron chi connectivity index (χ0n) is 13.1. The summed E-state index contributed by atoms with van der Waals surface area (Å²) < 4.78 is 28.6. The lowest BCUT2D eigenvalue weighted by Gasteiger charge is -2.18. The largest absolute Gasteiger partial charge is 0.312 e. The highest BCUT2D eigenvalue weighted by Gasteiger charge is 2.25. The van der Waals surface area contributed by atoms with Crippen molar-refractivity contribution in [3.63, 3.8) is 0 Å². The second-order valence-electron chi connectivity index (χ2n) is 6.47. The quantitative estimate of drug-likeness (QED) is 0.786. The fourth-order valence-electron chi connectivity index (χ4n) is 3.07. The highest BCUT2D eigenvalue weighted by Crippen LogP contribution is 2.32. The summed E-state index contributed by atoms with van der Waals surface area (Å²) in [5, 5.41) is 7.54. The van der Waals surface area contributed by atoms with Crippen molar-refractivity contribution >= 4 is 0 Å². The van der Waals surface area contributed by atoms with Crippen LogP contribution in [0.1, 0.15) is 76.1 Å². The van der Waals surface area contributed by atoms with Gasteiger partial charge in [0.2, 0.25) is 0 Å². The van der Waals surface area contributed by atoms with Crippen LogP contribution >= 0.6 is 0 Å². The van der Waals surface area contributed by atoms with Gasteiger partial charge in [-0.05, 0) is 25.3 Å². The van der Waals surface area contributed by atoms with Gasteiger partial charge in [0.1, 0.15) is 5.69 Å². The normalized spacial score (nSPS) is 17.6. The molecule has 0 unspecified atom stereocenters. The van der Waals surface area contributed by atoms with E-state index in [1.807, 2.05) is 0 Å². The molecule has 1 saturated carbocycles. The minimum atomic E-state index is -2.45. The molecular formula is C16H27F2N3. The van der Waals surface area contributed by atoms with Crippen LogP contribution in [0.3, 0.4) is 0 Å². The summed E-state index contributed by atoms with van der Waals surface area (Å²) in [6.45, 7) is 5.52. The Kier molecular flexibility index (Phi) is 6.15. The number of hydrogen-bond donors (Lipinski definition) is 1. The predicted molar refractivity (Wildman–Crippen MR) is 80.5 cm³/mol. The summed E-state index contributed by atoms with van der Waals surface area (Å²) in [4.78, 5) is 0. The van der Waals surface area contributed by atoms with Gasteiger partial charge in [-0.15, -0.1) is 0 Å². The van der Waals surface area contributed by atoms with Crippen molar-refractivity contribution in [1.82, 2.24) is 15.1 Å². The predicted octanol–water partition coefficient (Wildman–Crippen LogP) is 4.46. The molecule has 0 bridgehead atoms. The first-order valence-corrected chi connectivity index (χ1v) is 8.14. The van der Waals surface area contributed by atoms with Crippen LogP contribution in [0.4, 0.5) is 8.78 Å². The Bertz CT molecular complexity index is 421. The zero-order chi connectivity index (χ0) is 15.2. The van der Waals surface area contributed by atoms with Gasteiger partial charge >= 0.3 is 0 Å². The first-order chi connectivity index (χ1) is 10.1. The van der Waals surface area contributed by atoms with Crippen molar-refractivity contribution in [2.45, 2.75) is 71.4 Å². The van der Waals surface area contributed by atoms with Crippen LogP contribution in [-0.2, 0) is 6.54 Å². The highest BCUT2D eigenvalue weighted by atomic mass is 19.3. The lowest BCUT2D eigenvalue weighted by molar-refractivity contribution is 0.133. The molecule has 0 amide bonds. The van der Waals surface area contributed by atoms with Gasteiger partial charge in [0, 0.05) is 12.1 Å². The third-order valence-corrected chi connectivity index (χ3v) is 4.16. The Balaban J connectivity index is 2.11. The summed E-state index contributed by atoms with van der Waals surface area (Å²) in [5.41, 5.74) is 0.771. The summed E-state index contributed by atoms with van der Waals surface area (Å²) in [6, 6.07) is 0.148. The van der Waals surface area contributed by atoms with Gasteiger partial charge in [-0.2, -0.15) is 5.10 Å². The molecule has 120 valence electrons. The first-order valence-electron chi connectivity index (χ1n) is 8.14. The highest BCUT2D eigenvalue weighted by molar-refractivity contribution is 5.19. The number of rotatable bonds is 6. The Hall–Kier alpha value is -0.970. The lowest BCUT2D eigenvalue weighted by atomic mass is 10.1. The van der Waals surface area contributed by atoms with Crippen LogP contribution in [0, 0.1) is 5.92 Å². The van der Waals surface area contributed by atoms with E-state index in [4.69, 9.17) is 0 Å². The molecule has 1 aliphatic carbocycles. The van der Waals surface area contributed by atoms with E-state index in [0.717, 1.165) is 32.2 Å². The number of aromatic nitrogens is 2. The van der Waals surface area contributed by atoms with Gasteiger partial charge in [-0.1, -0.05) is 39.5 Å². The molecule has 1 fully saturated rings. The Morgan fingerprint density at radius 2 is 1.90 bits per heavy atom. The molecule has 3 nitrogen and oxygen atoms in total. The van der Waals surface area contributed by atoms with Gasteiger partial charge in [0.25, 0.3) is 6.43 Å². The number of nitrogens with zero attached hydrogens (tertiary/aromatic N) is 2. The van der Waals surface area contributed by atoms with E-state index in [9.17, 15) is 8.78 Å². The van der Waals surface area contributed by atoms with Crippen LogP contribution in [0.25, 0.3) is 0 Å². The van der Waals surface area contributed by atoms with Crippen molar-refractivity contribution in [1.29, 1.82) is 0 Å². The second kappa shape index (κ2) is 7.87. The van der Waals surface area contributed by atoms with Crippen molar-refractivity contribution in [2.75, 3.05) is 6.54 Å². The Labute approximate surface area is 126 Å². The molecular weight excluding hydrogens is 272 g/mol. The SMILES string of the molecule is CC(C)CNCc1cnn(C2CCCCCC2)c1C(F)F. The maximum absolute atomic E-state index is 13.5. The Morgan fingerprint density at radius 1 is 1.24 bits per heavy atom. The molecule has 0 radical (unpaired) electrons. The van der Waals surface area contributed by atoms with Gasteiger partial charge in [-0.3, -0.25) is 4.68 Å². The Morgan fingerprint density at radius 3 is 2.48 bits per heavy atom. The average Bonchev–Trinajstić information content (AvgIpc) is 2.67. The fraction of sp³-hybridized carbons (Fsp3) is 0.812. The topological polar surface area (TPSA) is 29.9 Å². The molecule has 1 N–H and O–H groups in total. The molecule has 1 aliphatic rings. The summed E-state index contributed by atoms with van der Waals surface area (Å²) in [6.07, 6.45) is 5.78. The molecule has 1 aromatic heterocycles. The van der Waals surface area contributed by atoms with Gasteiger partial charge < -0.3 is 5.32 Å². The molecule has 0 aromatic carbocycles. The van der Waals surface area contributed by atoms with Crippen LogP contribution in [0.5, 0.6) is 0 Å². The van der Waals surface area contributed by atoms with E-state index in [2.05, 4.69) is 24.3 Å². The van der Waals surface area contributed by atoms with Crippen LogP contribution in [-0.4, -0.2) is 16.3 Å². The summed E-state index contributed by atoms with van der Waals surface area (Å²) in [5.74, 6) is 0.511. The molecule has 0 spiro atoms. The maximum Gasteiger partial charge on any atom is 0.280 e. The molecule has 0 saturated heterocycles. The van der Waals surface area contributed by atoms with Gasteiger partial charge in [-0.25, -0.2) is 8.78 Å². The minimum absolute atomic E-state index is 0.123. The van der Waals surface area contributed by atoms with E-state index in [1.54, 1.807) is 10.9 Å². The van der Waals surface area contributed by atoms with Gasteiger partial charge in [0.05, 0.1) is 12.2 Å². The number of hydrogen-bond acceptors (Lipinski definition) is 2.